The number of anilines is 1. The van der Waals surface area contributed by atoms with Gasteiger partial charge in [-0.3, -0.25) is 4.98 Å². The van der Waals surface area contributed by atoms with Crippen LogP contribution in [0.2, 0.25) is 0 Å². The van der Waals surface area contributed by atoms with Gasteiger partial charge in [-0.05, 0) is 6.07 Å². The molecule has 2 rings (SSSR count). The van der Waals surface area contributed by atoms with Crippen molar-refractivity contribution in [3.63, 3.8) is 0 Å². The van der Waals surface area contributed by atoms with Gasteiger partial charge in [0.15, 0.2) is 0 Å². The Kier molecular flexibility index (Phi) is 3.93. The second-order valence-corrected chi connectivity index (χ2v) is 4.01. The molecule has 1 N–H and O–H groups in total. The molecule has 20 heavy (non-hydrogen) atoms. The first-order valence-corrected chi connectivity index (χ1v) is 5.97. The number of nitrogens with one attached hydrogen (secondary N) is 1. The largest absolute Gasteiger partial charge is 0.497 e. The molecule has 2 aromatic rings. The summed E-state index contributed by atoms with van der Waals surface area (Å²) in [5.74, 6) is 0.743. The number of fused-ring (bicyclic) bond motifs is 1. The Labute approximate surface area is 116 Å². The molecule has 0 fully saturated rings. The first-order valence-electron chi connectivity index (χ1n) is 5.97. The third-order valence-electron chi connectivity index (χ3n) is 3.02. The molecule has 0 amide bonds. The Bertz CT molecular complexity index is 655. The Hall–Kier alpha value is -2.50. The molecule has 0 aliphatic rings. The van der Waals surface area contributed by atoms with E-state index >= 15 is 0 Å². The van der Waals surface area contributed by atoms with Gasteiger partial charge < -0.3 is 19.5 Å². The number of pyridine rings is 1. The van der Waals surface area contributed by atoms with Crippen molar-refractivity contribution in [3.05, 3.63) is 23.9 Å². The normalized spacial score (nSPS) is 10.2. The van der Waals surface area contributed by atoms with Gasteiger partial charge in [0.1, 0.15) is 22.6 Å². The van der Waals surface area contributed by atoms with Crippen LogP contribution in [0.1, 0.15) is 10.4 Å². The van der Waals surface area contributed by atoms with Crippen molar-refractivity contribution in [2.45, 2.75) is 0 Å². The Morgan fingerprint density at radius 2 is 1.95 bits per heavy atom. The lowest BCUT2D eigenvalue weighted by atomic mass is 10.1. The van der Waals surface area contributed by atoms with Crippen molar-refractivity contribution < 1.29 is 19.0 Å². The molecule has 0 saturated carbocycles. The molecule has 0 unspecified atom stereocenters. The summed E-state index contributed by atoms with van der Waals surface area (Å²) in [7, 11) is 6.19. The third kappa shape index (κ3) is 2.20. The van der Waals surface area contributed by atoms with Gasteiger partial charge in [-0.25, -0.2) is 4.79 Å². The van der Waals surface area contributed by atoms with E-state index in [0.717, 1.165) is 5.39 Å². The third-order valence-corrected chi connectivity index (χ3v) is 3.02. The number of esters is 1. The topological polar surface area (TPSA) is 69.7 Å². The minimum Gasteiger partial charge on any atom is -0.497 e. The molecule has 6 heteroatoms. The van der Waals surface area contributed by atoms with Crippen LogP contribution in [0.3, 0.4) is 0 Å². The fraction of sp³-hybridized carbons (Fsp3) is 0.286. The molecule has 1 aromatic heterocycles. The van der Waals surface area contributed by atoms with E-state index in [4.69, 9.17) is 14.2 Å². The molecule has 0 atom stereocenters. The molecule has 0 bridgehead atoms. The number of ether oxygens (including phenoxy) is 3. The highest BCUT2D eigenvalue weighted by atomic mass is 16.5. The number of carbonyl (C=O) groups excluding carboxylic acids is 1. The van der Waals surface area contributed by atoms with Crippen LogP contribution in [0.15, 0.2) is 18.3 Å². The average molecular weight is 276 g/mol. The first kappa shape index (κ1) is 13.9. The van der Waals surface area contributed by atoms with Crippen LogP contribution in [-0.4, -0.2) is 39.3 Å². The van der Waals surface area contributed by atoms with Crippen molar-refractivity contribution >= 4 is 22.6 Å². The summed E-state index contributed by atoms with van der Waals surface area (Å²) in [6.07, 6.45) is 1.47. The predicted octanol–water partition coefficient (Wildman–Crippen LogP) is 2.08. The maximum absolute atomic E-state index is 11.8. The monoisotopic (exact) mass is 276 g/mol. The van der Waals surface area contributed by atoms with E-state index in [9.17, 15) is 4.79 Å². The van der Waals surface area contributed by atoms with Crippen molar-refractivity contribution in [2.75, 3.05) is 33.7 Å². The van der Waals surface area contributed by atoms with Crippen LogP contribution >= 0.6 is 0 Å². The van der Waals surface area contributed by atoms with Gasteiger partial charge in [0, 0.05) is 24.7 Å². The minimum absolute atomic E-state index is 0.359. The van der Waals surface area contributed by atoms with E-state index in [1.165, 1.54) is 13.3 Å². The number of methoxy groups -OCH3 is 3. The predicted molar refractivity (Wildman–Crippen MR) is 75.7 cm³/mol. The molecule has 0 radical (unpaired) electrons. The van der Waals surface area contributed by atoms with E-state index in [1.807, 2.05) is 0 Å². The Morgan fingerprint density at radius 1 is 1.20 bits per heavy atom. The summed E-state index contributed by atoms with van der Waals surface area (Å²) in [6.45, 7) is 0. The molecular weight excluding hydrogens is 260 g/mol. The average Bonchev–Trinajstić information content (AvgIpc) is 2.51. The Balaban J connectivity index is 2.81. The summed E-state index contributed by atoms with van der Waals surface area (Å²) in [6, 6.07) is 3.54. The summed E-state index contributed by atoms with van der Waals surface area (Å²) in [5, 5.41) is 3.73. The van der Waals surface area contributed by atoms with E-state index in [2.05, 4.69) is 10.3 Å². The lowest BCUT2D eigenvalue weighted by Gasteiger charge is -2.13. The molecule has 0 aliphatic carbocycles. The summed E-state index contributed by atoms with van der Waals surface area (Å²) in [4.78, 5) is 16.1. The van der Waals surface area contributed by atoms with Gasteiger partial charge in [-0.15, -0.1) is 0 Å². The highest BCUT2D eigenvalue weighted by Crippen LogP contribution is 2.35. The second kappa shape index (κ2) is 5.64. The molecule has 106 valence electrons. The van der Waals surface area contributed by atoms with Gasteiger partial charge in [0.25, 0.3) is 0 Å². The zero-order valence-corrected chi connectivity index (χ0v) is 11.8. The Morgan fingerprint density at radius 3 is 2.50 bits per heavy atom. The van der Waals surface area contributed by atoms with Crippen LogP contribution in [0, 0.1) is 0 Å². The lowest BCUT2D eigenvalue weighted by molar-refractivity contribution is 0.0601. The van der Waals surface area contributed by atoms with Crippen molar-refractivity contribution in [2.24, 2.45) is 0 Å². The highest BCUT2D eigenvalue weighted by Gasteiger charge is 2.18. The smallest absolute Gasteiger partial charge is 0.341 e. The number of carbonyl (C=O) groups is 1. The van der Waals surface area contributed by atoms with Crippen LogP contribution in [-0.2, 0) is 4.74 Å². The van der Waals surface area contributed by atoms with E-state index in [1.54, 1.807) is 33.4 Å². The number of nitrogens with zero attached hydrogens (tertiary/aromatic N) is 1. The SMILES string of the molecule is CNc1c(C(=O)OC)cnc2c(OC)cc(OC)cc12. The number of hydrogen-bond acceptors (Lipinski definition) is 6. The standard InChI is InChI=1S/C14H16N2O4/c1-15-12-9-5-8(18-2)6-11(19-3)13(9)16-7-10(12)14(17)20-4/h5-7H,1-4H3,(H,15,16). The van der Waals surface area contributed by atoms with Crippen LogP contribution < -0.4 is 14.8 Å². The molecule has 0 spiro atoms. The summed E-state index contributed by atoms with van der Waals surface area (Å²) >= 11 is 0. The maximum atomic E-state index is 11.8. The van der Waals surface area contributed by atoms with E-state index in [-0.39, 0.29) is 0 Å². The van der Waals surface area contributed by atoms with Crippen molar-refractivity contribution in [3.8, 4) is 11.5 Å². The van der Waals surface area contributed by atoms with Gasteiger partial charge in [0.05, 0.1) is 27.0 Å². The van der Waals surface area contributed by atoms with E-state index < -0.39 is 5.97 Å². The van der Waals surface area contributed by atoms with Crippen LogP contribution in [0.4, 0.5) is 5.69 Å². The highest BCUT2D eigenvalue weighted by molar-refractivity contribution is 6.06. The molecule has 1 aromatic carbocycles. The fourth-order valence-electron chi connectivity index (χ4n) is 2.05. The van der Waals surface area contributed by atoms with Crippen LogP contribution in [0.25, 0.3) is 10.9 Å². The van der Waals surface area contributed by atoms with Crippen LogP contribution in [0.5, 0.6) is 11.5 Å². The molecule has 1 heterocycles. The molecular formula is C14H16N2O4. The zero-order valence-electron chi connectivity index (χ0n) is 11.8. The zero-order chi connectivity index (χ0) is 14.7. The molecule has 0 aliphatic heterocycles. The van der Waals surface area contributed by atoms with Crippen molar-refractivity contribution in [1.29, 1.82) is 0 Å². The molecule has 0 saturated heterocycles. The number of aromatic nitrogens is 1. The minimum atomic E-state index is -0.453. The number of rotatable bonds is 4. The van der Waals surface area contributed by atoms with Crippen molar-refractivity contribution in [1.82, 2.24) is 4.98 Å². The summed E-state index contributed by atoms with van der Waals surface area (Å²) in [5.41, 5.74) is 1.63. The fourth-order valence-corrected chi connectivity index (χ4v) is 2.05. The maximum Gasteiger partial charge on any atom is 0.341 e. The lowest BCUT2D eigenvalue weighted by Crippen LogP contribution is -2.07. The van der Waals surface area contributed by atoms with Gasteiger partial charge in [0.2, 0.25) is 0 Å². The van der Waals surface area contributed by atoms with Gasteiger partial charge in [-0.2, -0.15) is 0 Å². The number of benzene rings is 1. The number of hydrogen-bond donors (Lipinski definition) is 1. The molecule has 6 nitrogen and oxygen atoms in total. The van der Waals surface area contributed by atoms with E-state index in [0.29, 0.717) is 28.3 Å². The van der Waals surface area contributed by atoms with Gasteiger partial charge >= 0.3 is 5.97 Å². The first-order chi connectivity index (χ1) is 9.65. The second-order valence-electron chi connectivity index (χ2n) is 4.01. The van der Waals surface area contributed by atoms with Gasteiger partial charge in [-0.1, -0.05) is 0 Å². The summed E-state index contributed by atoms with van der Waals surface area (Å²) < 4.78 is 15.3. The quantitative estimate of drug-likeness (QED) is 0.862.